The van der Waals surface area contributed by atoms with Crippen molar-refractivity contribution in [3.05, 3.63) is 0 Å². The van der Waals surface area contributed by atoms with E-state index in [2.05, 4.69) is 26.1 Å². The van der Waals surface area contributed by atoms with Gasteiger partial charge in [-0.25, -0.2) is 0 Å². The first kappa shape index (κ1) is 12.7. The molecule has 5 aliphatic rings. The summed E-state index contributed by atoms with van der Waals surface area (Å²) < 4.78 is 0. The summed E-state index contributed by atoms with van der Waals surface area (Å²) in [6, 6.07) is 0. The third-order valence-electron chi connectivity index (χ3n) is 7.31. The molecule has 1 heterocycles. The molecule has 0 amide bonds. The summed E-state index contributed by atoms with van der Waals surface area (Å²) in [5, 5.41) is 3.79. The molecule has 1 saturated heterocycles. The summed E-state index contributed by atoms with van der Waals surface area (Å²) >= 11 is 0. The minimum Gasteiger partial charge on any atom is -0.316 e. The summed E-state index contributed by atoms with van der Waals surface area (Å²) in [6.07, 6.45) is 10.9. The Morgan fingerprint density at radius 3 is 1.79 bits per heavy atom. The second-order valence-corrected chi connectivity index (χ2v) is 9.70. The van der Waals surface area contributed by atoms with Gasteiger partial charge in [-0.15, -0.1) is 0 Å². The highest BCUT2D eigenvalue weighted by atomic mass is 14.9. The van der Waals surface area contributed by atoms with Gasteiger partial charge in [0.1, 0.15) is 0 Å². The topological polar surface area (TPSA) is 12.0 Å². The fourth-order valence-electron chi connectivity index (χ4n) is 7.08. The monoisotopic (exact) mass is 261 g/mol. The first-order valence-electron chi connectivity index (χ1n) is 8.61. The van der Waals surface area contributed by atoms with Crippen LogP contribution >= 0.6 is 0 Å². The normalized spacial score (nSPS) is 55.4. The highest BCUT2D eigenvalue weighted by molar-refractivity contribution is 5.10. The predicted molar refractivity (Wildman–Crippen MR) is 80.0 cm³/mol. The first-order chi connectivity index (χ1) is 8.90. The Bertz CT molecular complexity index is 348. The summed E-state index contributed by atoms with van der Waals surface area (Å²) in [5.41, 5.74) is 1.76. The molecule has 0 aromatic heterocycles. The van der Waals surface area contributed by atoms with Gasteiger partial charge in [-0.05, 0) is 78.9 Å². The number of rotatable bonds is 1. The van der Waals surface area contributed by atoms with Crippen LogP contribution in [0.15, 0.2) is 0 Å². The molecular weight excluding hydrogens is 230 g/mol. The molecule has 1 aliphatic heterocycles. The molecule has 1 heteroatoms. The zero-order chi connectivity index (χ0) is 13.3. The third kappa shape index (κ3) is 1.83. The molecule has 1 nitrogen and oxygen atoms in total. The summed E-state index contributed by atoms with van der Waals surface area (Å²) in [7, 11) is 0. The zero-order valence-electron chi connectivity index (χ0n) is 13.1. The zero-order valence-corrected chi connectivity index (χ0v) is 13.1. The van der Waals surface area contributed by atoms with Crippen molar-refractivity contribution in [1.29, 1.82) is 0 Å². The SMILES string of the molecule is CC1(C)CNCC(C)(C23CC4CC(CC(C4)C2)C3)C1. The Morgan fingerprint density at radius 2 is 1.32 bits per heavy atom. The average molecular weight is 261 g/mol. The quantitative estimate of drug-likeness (QED) is 0.745. The van der Waals surface area contributed by atoms with E-state index in [4.69, 9.17) is 0 Å². The molecule has 0 aromatic rings. The van der Waals surface area contributed by atoms with Crippen molar-refractivity contribution in [2.75, 3.05) is 13.1 Å². The lowest BCUT2D eigenvalue weighted by Crippen LogP contribution is -2.60. The number of hydrogen-bond acceptors (Lipinski definition) is 1. The molecule has 4 saturated carbocycles. The maximum absolute atomic E-state index is 3.79. The lowest BCUT2D eigenvalue weighted by atomic mass is 9.41. The van der Waals surface area contributed by atoms with E-state index >= 15 is 0 Å². The van der Waals surface area contributed by atoms with Crippen LogP contribution in [0.1, 0.15) is 65.7 Å². The maximum Gasteiger partial charge on any atom is 0.00109 e. The van der Waals surface area contributed by atoms with Crippen LogP contribution in [-0.2, 0) is 0 Å². The van der Waals surface area contributed by atoms with Crippen LogP contribution in [0.4, 0.5) is 0 Å². The highest BCUT2D eigenvalue weighted by Gasteiger charge is 2.59. The molecule has 5 fully saturated rings. The fourth-order valence-corrected chi connectivity index (χ4v) is 7.08. The Labute approximate surface area is 118 Å². The van der Waals surface area contributed by atoms with Crippen molar-refractivity contribution >= 4 is 0 Å². The molecule has 1 N–H and O–H groups in total. The summed E-state index contributed by atoms with van der Waals surface area (Å²) in [4.78, 5) is 0. The molecule has 108 valence electrons. The van der Waals surface area contributed by atoms with Crippen LogP contribution in [0.3, 0.4) is 0 Å². The molecule has 4 bridgehead atoms. The summed E-state index contributed by atoms with van der Waals surface area (Å²) in [5.74, 6) is 3.27. The largest absolute Gasteiger partial charge is 0.316 e. The van der Waals surface area contributed by atoms with Crippen molar-refractivity contribution < 1.29 is 0 Å². The van der Waals surface area contributed by atoms with Crippen molar-refractivity contribution in [1.82, 2.24) is 5.32 Å². The van der Waals surface area contributed by atoms with Gasteiger partial charge in [0.2, 0.25) is 0 Å². The van der Waals surface area contributed by atoms with E-state index in [1.54, 1.807) is 38.5 Å². The van der Waals surface area contributed by atoms with E-state index in [1.165, 1.54) is 19.5 Å². The van der Waals surface area contributed by atoms with E-state index < -0.39 is 0 Å². The van der Waals surface area contributed by atoms with Gasteiger partial charge in [0.05, 0.1) is 0 Å². The molecule has 0 spiro atoms. The van der Waals surface area contributed by atoms with Gasteiger partial charge < -0.3 is 5.32 Å². The number of nitrogens with one attached hydrogen (secondary N) is 1. The smallest absolute Gasteiger partial charge is 0.00109 e. The van der Waals surface area contributed by atoms with Gasteiger partial charge in [-0.2, -0.15) is 0 Å². The molecule has 0 aromatic carbocycles. The Hall–Kier alpha value is -0.0400. The lowest BCUT2D eigenvalue weighted by Gasteiger charge is -2.65. The van der Waals surface area contributed by atoms with Crippen molar-refractivity contribution in [2.45, 2.75) is 65.7 Å². The van der Waals surface area contributed by atoms with Gasteiger partial charge in [-0.1, -0.05) is 20.8 Å². The standard InChI is InChI=1S/C18H31N/c1-16(2)10-17(3,12-19-11-16)18-7-13-4-14(8-18)6-15(5-13)9-18/h13-15,19H,4-12H2,1-3H3. The second kappa shape index (κ2) is 3.78. The minimum absolute atomic E-state index is 0.496. The van der Waals surface area contributed by atoms with Gasteiger partial charge in [0, 0.05) is 13.1 Å². The molecule has 4 aliphatic carbocycles. The Balaban J connectivity index is 1.67. The fraction of sp³-hybridized carbons (Fsp3) is 1.00. The maximum atomic E-state index is 3.79. The Morgan fingerprint density at radius 1 is 0.789 bits per heavy atom. The minimum atomic E-state index is 0.496. The van der Waals surface area contributed by atoms with E-state index in [1.807, 2.05) is 0 Å². The third-order valence-corrected chi connectivity index (χ3v) is 7.31. The van der Waals surface area contributed by atoms with Crippen LogP contribution in [0, 0.1) is 34.0 Å². The van der Waals surface area contributed by atoms with Crippen LogP contribution in [-0.4, -0.2) is 13.1 Å². The molecule has 5 rings (SSSR count). The van der Waals surface area contributed by atoms with Crippen LogP contribution in [0.25, 0.3) is 0 Å². The predicted octanol–water partition coefficient (Wildman–Crippen LogP) is 4.23. The number of piperidine rings is 1. The van der Waals surface area contributed by atoms with Gasteiger partial charge in [0.15, 0.2) is 0 Å². The molecule has 0 radical (unpaired) electrons. The van der Waals surface area contributed by atoms with Crippen LogP contribution in [0.2, 0.25) is 0 Å². The van der Waals surface area contributed by atoms with Crippen LogP contribution in [0.5, 0.6) is 0 Å². The highest BCUT2D eigenvalue weighted by Crippen LogP contribution is 2.67. The second-order valence-electron chi connectivity index (χ2n) is 9.70. The van der Waals surface area contributed by atoms with E-state index in [0.29, 0.717) is 16.2 Å². The van der Waals surface area contributed by atoms with E-state index in [9.17, 15) is 0 Å². The van der Waals surface area contributed by atoms with E-state index in [0.717, 1.165) is 17.8 Å². The van der Waals surface area contributed by atoms with Gasteiger partial charge >= 0.3 is 0 Å². The van der Waals surface area contributed by atoms with Crippen molar-refractivity contribution in [3.8, 4) is 0 Å². The molecular formula is C18H31N. The van der Waals surface area contributed by atoms with Gasteiger partial charge in [-0.3, -0.25) is 0 Å². The molecule has 1 atom stereocenters. The van der Waals surface area contributed by atoms with E-state index in [-0.39, 0.29) is 0 Å². The summed E-state index contributed by atoms with van der Waals surface area (Å²) in [6.45, 7) is 10.1. The van der Waals surface area contributed by atoms with Gasteiger partial charge in [0.25, 0.3) is 0 Å². The molecule has 19 heavy (non-hydrogen) atoms. The molecule has 1 unspecified atom stereocenters. The Kier molecular flexibility index (Phi) is 2.52. The van der Waals surface area contributed by atoms with Crippen molar-refractivity contribution in [2.24, 2.45) is 34.0 Å². The average Bonchev–Trinajstić information content (AvgIpc) is 2.24. The van der Waals surface area contributed by atoms with Crippen molar-refractivity contribution in [3.63, 3.8) is 0 Å². The lowest BCUT2D eigenvalue weighted by molar-refractivity contribution is -0.144. The van der Waals surface area contributed by atoms with Crippen LogP contribution < -0.4 is 5.32 Å². The number of hydrogen-bond donors (Lipinski definition) is 1. The first-order valence-corrected chi connectivity index (χ1v) is 8.61.